The van der Waals surface area contributed by atoms with Crippen molar-refractivity contribution in [3.8, 4) is 0 Å². The Bertz CT molecular complexity index is 956. The third kappa shape index (κ3) is 4.30. The molecular weight excluding hydrogens is 367 g/mol. The highest BCUT2D eigenvalue weighted by molar-refractivity contribution is 7.91. The van der Waals surface area contributed by atoms with Crippen molar-refractivity contribution in [3.05, 3.63) is 58.9 Å². The summed E-state index contributed by atoms with van der Waals surface area (Å²) in [6.45, 7) is 4.39. The van der Waals surface area contributed by atoms with E-state index in [0.717, 1.165) is 12.0 Å². The second-order valence-corrected chi connectivity index (χ2v) is 8.54. The molecule has 144 valence electrons. The molecule has 0 atom stereocenters. The van der Waals surface area contributed by atoms with Crippen LogP contribution in [-0.4, -0.2) is 20.9 Å². The number of hydrogen-bond donors (Lipinski definition) is 1. The van der Waals surface area contributed by atoms with Crippen LogP contribution in [-0.2, 0) is 27.0 Å². The van der Waals surface area contributed by atoms with Gasteiger partial charge in [-0.05, 0) is 37.5 Å². The van der Waals surface area contributed by atoms with Crippen LogP contribution in [0.4, 0.5) is 15.8 Å². The van der Waals surface area contributed by atoms with Gasteiger partial charge in [-0.1, -0.05) is 36.8 Å². The van der Waals surface area contributed by atoms with Crippen molar-refractivity contribution in [3.63, 3.8) is 0 Å². The van der Waals surface area contributed by atoms with Crippen molar-refractivity contribution < 1.29 is 17.6 Å². The molecule has 3 rings (SSSR count). The molecule has 1 aliphatic rings. The van der Waals surface area contributed by atoms with Crippen LogP contribution in [0.5, 0.6) is 0 Å². The van der Waals surface area contributed by atoms with Gasteiger partial charge in [-0.25, -0.2) is 12.8 Å². The van der Waals surface area contributed by atoms with E-state index in [2.05, 4.69) is 4.72 Å². The quantitative estimate of drug-likeness (QED) is 0.817. The number of amides is 1. The summed E-state index contributed by atoms with van der Waals surface area (Å²) in [6, 6.07) is 10.2. The Labute approximate surface area is 159 Å². The van der Waals surface area contributed by atoms with Crippen molar-refractivity contribution in [2.45, 2.75) is 38.9 Å². The monoisotopic (exact) mass is 390 g/mol. The molecule has 27 heavy (non-hydrogen) atoms. The number of rotatable bonds is 6. The largest absolute Gasteiger partial charge is 0.312 e. The fraction of sp³-hybridized carbons (Fsp3) is 0.350. The van der Waals surface area contributed by atoms with Crippen molar-refractivity contribution in [1.29, 1.82) is 0 Å². The van der Waals surface area contributed by atoms with Crippen LogP contribution < -0.4 is 9.62 Å². The summed E-state index contributed by atoms with van der Waals surface area (Å²) in [4.78, 5) is 13.7. The smallest absolute Gasteiger partial charge is 0.237 e. The average molecular weight is 390 g/mol. The van der Waals surface area contributed by atoms with E-state index in [1.54, 1.807) is 23.1 Å². The molecular formula is C20H23FN2O3S. The lowest BCUT2D eigenvalue weighted by Crippen LogP contribution is -2.36. The minimum absolute atomic E-state index is 0.0311. The highest BCUT2D eigenvalue weighted by Gasteiger charge is 2.28. The third-order valence-electron chi connectivity index (χ3n) is 4.59. The van der Waals surface area contributed by atoms with Crippen LogP contribution in [0.1, 0.15) is 36.5 Å². The zero-order valence-electron chi connectivity index (χ0n) is 15.5. The number of nitrogens with one attached hydrogen (secondary N) is 1. The Balaban J connectivity index is 1.85. The summed E-state index contributed by atoms with van der Waals surface area (Å²) in [5, 5.41) is 0. The topological polar surface area (TPSA) is 66.5 Å². The van der Waals surface area contributed by atoms with Crippen molar-refractivity contribution in [2.75, 3.05) is 16.2 Å². The first kappa shape index (κ1) is 19.4. The third-order valence-corrected chi connectivity index (χ3v) is 5.83. The summed E-state index contributed by atoms with van der Waals surface area (Å²) in [7, 11) is -3.75. The van der Waals surface area contributed by atoms with Gasteiger partial charge in [0.15, 0.2) is 5.82 Å². The van der Waals surface area contributed by atoms with Crippen LogP contribution in [0.25, 0.3) is 0 Å². The maximum Gasteiger partial charge on any atom is 0.237 e. The number of hydrogen-bond acceptors (Lipinski definition) is 3. The number of halogens is 1. The maximum absolute atomic E-state index is 15.0. The normalized spacial score (nSPS) is 14.2. The fourth-order valence-electron chi connectivity index (χ4n) is 3.26. The Hall–Kier alpha value is -2.41. The number of sulfonamides is 1. The van der Waals surface area contributed by atoms with Gasteiger partial charge in [0.25, 0.3) is 0 Å². The minimum Gasteiger partial charge on any atom is -0.312 e. The van der Waals surface area contributed by atoms with Gasteiger partial charge in [-0.15, -0.1) is 0 Å². The summed E-state index contributed by atoms with van der Waals surface area (Å²) >= 11 is 0. The van der Waals surface area contributed by atoms with E-state index < -0.39 is 15.8 Å². The molecule has 0 bridgehead atoms. The fourth-order valence-corrected chi connectivity index (χ4v) is 4.45. The lowest BCUT2D eigenvalue weighted by molar-refractivity contribution is -0.118. The second-order valence-electron chi connectivity index (χ2n) is 6.82. The van der Waals surface area contributed by atoms with Crippen molar-refractivity contribution in [2.24, 2.45) is 0 Å². The Kier molecular flexibility index (Phi) is 5.51. The van der Waals surface area contributed by atoms with Gasteiger partial charge in [-0.2, -0.15) is 0 Å². The molecule has 0 saturated carbocycles. The van der Waals surface area contributed by atoms with Gasteiger partial charge in [0, 0.05) is 24.2 Å². The first-order chi connectivity index (χ1) is 12.8. The second kappa shape index (κ2) is 7.68. The molecule has 7 heteroatoms. The standard InChI is InChI=1S/C20H23FN2O3S/c1-3-12-23-18-10-9-17(20(21)16(18)8-11-19(23)24)22-27(25,26)13-15-6-4-14(2)5-7-15/h4-7,9-10,22H,3,8,11-13H2,1-2H3. The maximum atomic E-state index is 15.0. The molecule has 2 aromatic carbocycles. The number of anilines is 2. The van der Waals surface area contributed by atoms with E-state index >= 15 is 0 Å². The van der Waals surface area contributed by atoms with Gasteiger partial charge in [0.2, 0.25) is 15.9 Å². The number of fused-ring (bicyclic) bond motifs is 1. The van der Waals surface area contributed by atoms with Crippen LogP contribution in [0.3, 0.4) is 0 Å². The molecule has 0 aliphatic carbocycles. The molecule has 0 unspecified atom stereocenters. The average Bonchev–Trinajstić information content (AvgIpc) is 2.61. The number of carbonyl (C=O) groups is 1. The van der Waals surface area contributed by atoms with Gasteiger partial charge in [0.05, 0.1) is 11.4 Å². The minimum atomic E-state index is -3.75. The molecule has 5 nitrogen and oxygen atoms in total. The summed E-state index contributed by atoms with van der Waals surface area (Å²) < 4.78 is 42.2. The predicted molar refractivity (Wildman–Crippen MR) is 105 cm³/mol. The highest BCUT2D eigenvalue weighted by Crippen LogP contribution is 2.34. The first-order valence-corrected chi connectivity index (χ1v) is 10.6. The molecule has 0 saturated heterocycles. The molecule has 1 aliphatic heterocycles. The van der Waals surface area contributed by atoms with E-state index in [4.69, 9.17) is 0 Å². The number of aryl methyl sites for hydroxylation is 1. The van der Waals surface area contributed by atoms with Gasteiger partial charge >= 0.3 is 0 Å². The molecule has 0 aromatic heterocycles. The number of nitrogens with zero attached hydrogens (tertiary/aromatic N) is 1. The molecule has 0 spiro atoms. The van der Waals surface area contributed by atoms with Gasteiger partial charge < -0.3 is 4.90 Å². The van der Waals surface area contributed by atoms with Crippen LogP contribution in [0.15, 0.2) is 36.4 Å². The van der Waals surface area contributed by atoms with E-state index in [0.29, 0.717) is 23.4 Å². The van der Waals surface area contributed by atoms with E-state index in [9.17, 15) is 17.6 Å². The molecule has 1 heterocycles. The Morgan fingerprint density at radius 3 is 2.48 bits per heavy atom. The molecule has 0 fully saturated rings. The summed E-state index contributed by atoms with van der Waals surface area (Å²) in [5.74, 6) is -0.866. The van der Waals surface area contributed by atoms with E-state index in [-0.39, 0.29) is 30.2 Å². The van der Waals surface area contributed by atoms with Crippen LogP contribution in [0.2, 0.25) is 0 Å². The zero-order chi connectivity index (χ0) is 19.6. The number of benzene rings is 2. The van der Waals surface area contributed by atoms with Crippen LogP contribution in [0, 0.1) is 12.7 Å². The number of carbonyl (C=O) groups excluding carboxylic acids is 1. The van der Waals surface area contributed by atoms with E-state index in [1.165, 1.54) is 6.07 Å². The van der Waals surface area contributed by atoms with Gasteiger partial charge in [0.1, 0.15) is 0 Å². The molecule has 1 N–H and O–H groups in total. The predicted octanol–water partition coefficient (Wildman–Crippen LogP) is 3.77. The SMILES string of the molecule is CCCN1C(=O)CCc2c1ccc(NS(=O)(=O)Cc1ccc(C)cc1)c2F. The van der Waals surface area contributed by atoms with Gasteiger partial charge in [-0.3, -0.25) is 9.52 Å². The summed E-state index contributed by atoms with van der Waals surface area (Å²) in [6.07, 6.45) is 1.26. The van der Waals surface area contributed by atoms with E-state index in [1.807, 2.05) is 26.0 Å². The van der Waals surface area contributed by atoms with Crippen molar-refractivity contribution in [1.82, 2.24) is 0 Å². The Morgan fingerprint density at radius 1 is 1.11 bits per heavy atom. The van der Waals surface area contributed by atoms with Crippen LogP contribution >= 0.6 is 0 Å². The highest BCUT2D eigenvalue weighted by atomic mass is 32.2. The lowest BCUT2D eigenvalue weighted by Gasteiger charge is -2.30. The molecule has 1 amide bonds. The lowest BCUT2D eigenvalue weighted by atomic mass is 9.99. The first-order valence-electron chi connectivity index (χ1n) is 8.98. The summed E-state index contributed by atoms with van der Waals surface area (Å²) in [5.41, 5.74) is 2.51. The molecule has 2 aromatic rings. The molecule has 0 radical (unpaired) electrons. The Morgan fingerprint density at radius 2 is 1.81 bits per heavy atom. The zero-order valence-corrected chi connectivity index (χ0v) is 16.3. The van der Waals surface area contributed by atoms with Crippen molar-refractivity contribution >= 4 is 27.3 Å².